The van der Waals surface area contributed by atoms with Gasteiger partial charge in [-0.2, -0.15) is 4.98 Å². The molecule has 0 spiro atoms. The van der Waals surface area contributed by atoms with Crippen LogP contribution in [0.15, 0.2) is 6.07 Å². The van der Waals surface area contributed by atoms with Gasteiger partial charge in [-0.1, -0.05) is 25.7 Å². The molecule has 27 heavy (non-hydrogen) atoms. The van der Waals surface area contributed by atoms with Crippen molar-refractivity contribution in [3.8, 4) is 24.7 Å². The quantitative estimate of drug-likeness (QED) is 0.727. The van der Waals surface area contributed by atoms with Crippen molar-refractivity contribution in [1.29, 1.82) is 0 Å². The zero-order valence-electron chi connectivity index (χ0n) is 16.6. The Morgan fingerprint density at radius 2 is 1.37 bits per heavy atom. The van der Waals surface area contributed by atoms with E-state index in [1.54, 1.807) is 0 Å². The first-order valence-corrected chi connectivity index (χ1v) is 9.81. The summed E-state index contributed by atoms with van der Waals surface area (Å²) in [6.07, 6.45) is 10.9. The molecule has 6 nitrogen and oxygen atoms in total. The van der Waals surface area contributed by atoms with Gasteiger partial charge in [-0.15, -0.1) is 12.8 Å². The molecule has 1 aromatic rings. The minimum atomic E-state index is 0.371. The molecular formula is C21H30N6. The molecule has 2 aliphatic rings. The standard InChI is InChI=1S/C21H30N6/c1-5-7-24-9-13-26(14-10-24)20-17-19(18(3)4)22-21(23-20)27-15-11-25(8-6-2)12-16-27/h1-2,17-18H,7-16H2,3-4H3. The smallest absolute Gasteiger partial charge is 0.227 e. The number of terminal acetylenes is 2. The summed E-state index contributed by atoms with van der Waals surface area (Å²) < 4.78 is 0. The monoisotopic (exact) mass is 366 g/mol. The lowest BCUT2D eigenvalue weighted by atomic mass is 10.1. The maximum absolute atomic E-state index is 5.44. The predicted molar refractivity (Wildman–Crippen MR) is 111 cm³/mol. The average Bonchev–Trinajstić information content (AvgIpc) is 2.69. The Hall–Kier alpha value is -2.28. The topological polar surface area (TPSA) is 38.7 Å². The molecule has 0 aromatic carbocycles. The molecule has 144 valence electrons. The van der Waals surface area contributed by atoms with E-state index in [-0.39, 0.29) is 0 Å². The number of hydrogen-bond acceptors (Lipinski definition) is 6. The van der Waals surface area contributed by atoms with Crippen LogP contribution < -0.4 is 9.80 Å². The molecule has 0 bridgehead atoms. The highest BCUT2D eigenvalue weighted by Gasteiger charge is 2.23. The molecule has 0 N–H and O–H groups in total. The Morgan fingerprint density at radius 1 is 0.852 bits per heavy atom. The van der Waals surface area contributed by atoms with Crippen LogP contribution in [0, 0.1) is 24.7 Å². The molecule has 3 heterocycles. The van der Waals surface area contributed by atoms with Crippen LogP contribution in [-0.4, -0.2) is 85.2 Å². The van der Waals surface area contributed by atoms with Crippen molar-refractivity contribution in [2.45, 2.75) is 19.8 Å². The summed E-state index contributed by atoms with van der Waals surface area (Å²) in [6, 6.07) is 2.15. The molecule has 0 radical (unpaired) electrons. The number of nitrogens with zero attached hydrogens (tertiary/aromatic N) is 6. The summed E-state index contributed by atoms with van der Waals surface area (Å²) in [4.78, 5) is 19.0. The second-order valence-electron chi connectivity index (χ2n) is 7.54. The first-order chi connectivity index (χ1) is 13.1. The van der Waals surface area contributed by atoms with Crippen LogP contribution in [0.2, 0.25) is 0 Å². The van der Waals surface area contributed by atoms with Crippen LogP contribution in [0.1, 0.15) is 25.5 Å². The number of hydrogen-bond donors (Lipinski definition) is 0. The third-order valence-electron chi connectivity index (χ3n) is 5.29. The van der Waals surface area contributed by atoms with Crippen molar-refractivity contribution in [2.24, 2.45) is 0 Å². The summed E-state index contributed by atoms with van der Waals surface area (Å²) in [7, 11) is 0. The van der Waals surface area contributed by atoms with Gasteiger partial charge in [-0.3, -0.25) is 9.80 Å². The summed E-state index contributed by atoms with van der Waals surface area (Å²) in [6.45, 7) is 13.4. The van der Waals surface area contributed by atoms with Crippen LogP contribution in [0.3, 0.4) is 0 Å². The number of piperazine rings is 2. The lowest BCUT2D eigenvalue weighted by molar-refractivity contribution is 0.285. The Kier molecular flexibility index (Phi) is 6.55. The van der Waals surface area contributed by atoms with Crippen molar-refractivity contribution in [3.63, 3.8) is 0 Å². The van der Waals surface area contributed by atoms with Crippen LogP contribution >= 0.6 is 0 Å². The number of aromatic nitrogens is 2. The van der Waals surface area contributed by atoms with Gasteiger partial charge >= 0.3 is 0 Å². The van der Waals surface area contributed by atoms with Crippen LogP contribution in [0.5, 0.6) is 0 Å². The Morgan fingerprint density at radius 3 is 1.85 bits per heavy atom. The van der Waals surface area contributed by atoms with Crippen LogP contribution in [0.4, 0.5) is 11.8 Å². The van der Waals surface area contributed by atoms with E-state index in [2.05, 4.69) is 51.4 Å². The lowest BCUT2D eigenvalue weighted by Crippen LogP contribution is -2.48. The highest BCUT2D eigenvalue weighted by atomic mass is 15.3. The third kappa shape index (κ3) is 4.91. The van der Waals surface area contributed by atoms with E-state index in [0.717, 1.165) is 76.4 Å². The summed E-state index contributed by atoms with van der Waals surface area (Å²) in [5, 5.41) is 0. The molecule has 0 atom stereocenters. The highest BCUT2D eigenvalue weighted by molar-refractivity contribution is 5.47. The van der Waals surface area contributed by atoms with E-state index in [0.29, 0.717) is 12.5 Å². The maximum atomic E-state index is 5.44. The molecule has 0 saturated carbocycles. The minimum absolute atomic E-state index is 0.371. The van der Waals surface area contributed by atoms with Gasteiger partial charge in [0.25, 0.3) is 0 Å². The number of anilines is 2. The zero-order chi connectivity index (χ0) is 19.2. The second-order valence-corrected chi connectivity index (χ2v) is 7.54. The van der Waals surface area contributed by atoms with E-state index in [4.69, 9.17) is 22.8 Å². The van der Waals surface area contributed by atoms with Gasteiger partial charge in [-0.25, -0.2) is 4.98 Å². The Labute approximate surface area is 163 Å². The second kappa shape index (κ2) is 9.08. The number of rotatable bonds is 5. The highest BCUT2D eigenvalue weighted by Crippen LogP contribution is 2.24. The molecule has 0 aliphatic carbocycles. The molecule has 3 rings (SSSR count). The van der Waals surface area contributed by atoms with Gasteiger partial charge in [0.15, 0.2) is 0 Å². The van der Waals surface area contributed by atoms with Gasteiger partial charge < -0.3 is 9.80 Å². The van der Waals surface area contributed by atoms with E-state index in [9.17, 15) is 0 Å². The molecule has 2 fully saturated rings. The fourth-order valence-corrected chi connectivity index (χ4v) is 3.54. The van der Waals surface area contributed by atoms with Crippen LogP contribution in [0.25, 0.3) is 0 Å². The van der Waals surface area contributed by atoms with Crippen molar-refractivity contribution in [1.82, 2.24) is 19.8 Å². The molecule has 2 saturated heterocycles. The lowest BCUT2D eigenvalue weighted by Gasteiger charge is -2.36. The van der Waals surface area contributed by atoms with Gasteiger partial charge in [0, 0.05) is 58.4 Å². The van der Waals surface area contributed by atoms with E-state index < -0.39 is 0 Å². The first kappa shape index (κ1) is 19.5. The van der Waals surface area contributed by atoms with Gasteiger partial charge in [0.2, 0.25) is 5.95 Å². The fraction of sp³-hybridized carbons (Fsp3) is 0.619. The van der Waals surface area contributed by atoms with Gasteiger partial charge in [-0.05, 0) is 5.92 Å². The predicted octanol–water partition coefficient (Wildman–Crippen LogP) is 1.11. The van der Waals surface area contributed by atoms with Gasteiger partial charge in [0.1, 0.15) is 5.82 Å². The maximum Gasteiger partial charge on any atom is 0.227 e. The van der Waals surface area contributed by atoms with E-state index >= 15 is 0 Å². The van der Waals surface area contributed by atoms with Crippen molar-refractivity contribution < 1.29 is 0 Å². The Bertz CT molecular complexity index is 646. The molecule has 1 aromatic heterocycles. The molecule has 2 aliphatic heterocycles. The van der Waals surface area contributed by atoms with Crippen molar-refractivity contribution in [2.75, 3.05) is 75.2 Å². The van der Waals surface area contributed by atoms with Crippen molar-refractivity contribution in [3.05, 3.63) is 11.8 Å². The molecule has 0 amide bonds. The van der Waals surface area contributed by atoms with E-state index in [1.165, 1.54) is 0 Å². The largest absolute Gasteiger partial charge is 0.354 e. The third-order valence-corrected chi connectivity index (χ3v) is 5.29. The summed E-state index contributed by atoms with van der Waals surface area (Å²) in [5.41, 5.74) is 1.10. The summed E-state index contributed by atoms with van der Waals surface area (Å²) in [5.74, 6) is 7.73. The SMILES string of the molecule is C#CCN1CCN(c2cc(C(C)C)nc(N3CCN(CC#C)CC3)n2)CC1. The van der Waals surface area contributed by atoms with Crippen LogP contribution in [-0.2, 0) is 0 Å². The summed E-state index contributed by atoms with van der Waals surface area (Å²) >= 11 is 0. The fourth-order valence-electron chi connectivity index (χ4n) is 3.54. The van der Waals surface area contributed by atoms with Gasteiger partial charge in [0.05, 0.1) is 18.8 Å². The normalized spacial score (nSPS) is 19.1. The minimum Gasteiger partial charge on any atom is -0.354 e. The molecule has 6 heteroatoms. The Balaban J connectivity index is 1.74. The average molecular weight is 367 g/mol. The van der Waals surface area contributed by atoms with E-state index in [1.807, 2.05) is 0 Å². The molecule has 0 unspecified atom stereocenters. The first-order valence-electron chi connectivity index (χ1n) is 9.81. The molecular weight excluding hydrogens is 336 g/mol. The zero-order valence-corrected chi connectivity index (χ0v) is 16.6. The van der Waals surface area contributed by atoms with Crippen molar-refractivity contribution >= 4 is 11.8 Å².